The van der Waals surface area contributed by atoms with Crippen LogP contribution in [0.3, 0.4) is 0 Å². The third-order valence-electron chi connectivity index (χ3n) is 4.56. The molecule has 0 radical (unpaired) electrons. The molecule has 1 aromatic carbocycles. The summed E-state index contributed by atoms with van der Waals surface area (Å²) in [5.41, 5.74) is 0.368. The molecule has 136 valence electrons. The van der Waals surface area contributed by atoms with Crippen LogP contribution in [0.1, 0.15) is 29.9 Å². The molecular weight excluding hydrogens is 338 g/mol. The van der Waals surface area contributed by atoms with Crippen molar-refractivity contribution in [3.63, 3.8) is 0 Å². The van der Waals surface area contributed by atoms with Crippen molar-refractivity contribution in [2.24, 2.45) is 0 Å². The molecular formula is C18H19N3O5. The van der Waals surface area contributed by atoms with Crippen LogP contribution in [-0.4, -0.2) is 40.1 Å². The number of nitrogens with zero attached hydrogens (tertiary/aromatic N) is 3. The number of fused-ring (bicyclic) bond motifs is 2. The van der Waals surface area contributed by atoms with Gasteiger partial charge in [-0.15, -0.1) is 0 Å². The van der Waals surface area contributed by atoms with Crippen LogP contribution < -0.4 is 19.9 Å². The van der Waals surface area contributed by atoms with Gasteiger partial charge in [-0.2, -0.15) is 0 Å². The molecule has 0 aliphatic carbocycles. The maximum Gasteiger partial charge on any atom is 0.278 e. The lowest BCUT2D eigenvalue weighted by Gasteiger charge is -2.41. The molecule has 0 saturated heterocycles. The zero-order chi connectivity index (χ0) is 18.4. The van der Waals surface area contributed by atoms with Crippen molar-refractivity contribution in [3.05, 3.63) is 51.9 Å². The fraction of sp³-hybridized carbons (Fsp3) is 0.333. The van der Waals surface area contributed by atoms with E-state index in [2.05, 4.69) is 0 Å². The predicted octanol–water partition coefficient (Wildman–Crippen LogP) is 1.24. The number of amides is 1. The number of ether oxygens (including phenoxy) is 2. The van der Waals surface area contributed by atoms with E-state index in [4.69, 9.17) is 9.47 Å². The van der Waals surface area contributed by atoms with Crippen LogP contribution in [0.5, 0.6) is 17.2 Å². The largest absolute Gasteiger partial charge is 0.502 e. The summed E-state index contributed by atoms with van der Waals surface area (Å²) in [5, 5.41) is 12.1. The molecule has 8 nitrogen and oxygen atoms in total. The third kappa shape index (κ3) is 2.54. The predicted molar refractivity (Wildman–Crippen MR) is 93.0 cm³/mol. The van der Waals surface area contributed by atoms with E-state index in [1.54, 1.807) is 9.58 Å². The van der Waals surface area contributed by atoms with Crippen molar-refractivity contribution < 1.29 is 19.4 Å². The van der Waals surface area contributed by atoms with Crippen molar-refractivity contribution in [3.8, 4) is 17.2 Å². The van der Waals surface area contributed by atoms with Gasteiger partial charge in [-0.3, -0.25) is 19.3 Å². The van der Waals surface area contributed by atoms with Gasteiger partial charge in [-0.1, -0.05) is 6.07 Å². The summed E-state index contributed by atoms with van der Waals surface area (Å²) in [6.07, 6.45) is 1.51. The van der Waals surface area contributed by atoms with E-state index >= 15 is 0 Å². The lowest BCUT2D eigenvalue weighted by atomic mass is 10.2. The van der Waals surface area contributed by atoms with Gasteiger partial charge >= 0.3 is 0 Å². The number of benzene rings is 1. The van der Waals surface area contributed by atoms with Crippen LogP contribution in [0, 0.1) is 0 Å². The summed E-state index contributed by atoms with van der Waals surface area (Å²) in [4.78, 5) is 26.2. The van der Waals surface area contributed by atoms with Crippen molar-refractivity contribution in [2.45, 2.75) is 26.4 Å². The van der Waals surface area contributed by atoms with Gasteiger partial charge in [0.05, 0.1) is 6.54 Å². The second-order valence-corrected chi connectivity index (χ2v) is 6.58. The molecule has 0 saturated carbocycles. The highest BCUT2D eigenvalue weighted by molar-refractivity contribution is 5.96. The molecule has 1 aromatic heterocycles. The highest BCUT2D eigenvalue weighted by Gasteiger charge is 2.33. The highest BCUT2D eigenvalue weighted by Crippen LogP contribution is 2.33. The molecule has 2 aliphatic rings. The Labute approximate surface area is 149 Å². The minimum Gasteiger partial charge on any atom is -0.502 e. The molecule has 1 amide bonds. The van der Waals surface area contributed by atoms with Crippen LogP contribution in [0.4, 0.5) is 0 Å². The first-order valence-electron chi connectivity index (χ1n) is 8.35. The van der Waals surface area contributed by atoms with Crippen LogP contribution in [0.2, 0.25) is 0 Å². The Morgan fingerprint density at radius 3 is 2.69 bits per heavy atom. The third-order valence-corrected chi connectivity index (χ3v) is 4.56. The summed E-state index contributed by atoms with van der Waals surface area (Å²) in [5.74, 6) is 0.489. The van der Waals surface area contributed by atoms with Gasteiger partial charge in [-0.05, 0) is 31.5 Å². The monoisotopic (exact) mass is 357 g/mol. The fourth-order valence-electron chi connectivity index (χ4n) is 3.17. The molecule has 0 fully saturated rings. The maximum atomic E-state index is 12.7. The average Bonchev–Trinajstić information content (AvgIpc) is 3.07. The van der Waals surface area contributed by atoms with E-state index in [1.165, 1.54) is 12.3 Å². The summed E-state index contributed by atoms with van der Waals surface area (Å²) < 4.78 is 12.3. The smallest absolute Gasteiger partial charge is 0.278 e. The Morgan fingerprint density at radius 2 is 1.92 bits per heavy atom. The minimum atomic E-state index is -0.571. The molecule has 8 heteroatoms. The summed E-state index contributed by atoms with van der Waals surface area (Å²) in [7, 11) is 0. The van der Waals surface area contributed by atoms with E-state index in [0.717, 1.165) is 5.56 Å². The number of aromatic hydroxyl groups is 1. The van der Waals surface area contributed by atoms with Crippen molar-refractivity contribution in [1.82, 2.24) is 9.58 Å². The van der Waals surface area contributed by atoms with Gasteiger partial charge in [-0.25, -0.2) is 0 Å². The normalized spacial score (nSPS) is 15.6. The van der Waals surface area contributed by atoms with Gasteiger partial charge in [0.15, 0.2) is 22.9 Å². The van der Waals surface area contributed by atoms with E-state index in [-0.39, 0.29) is 24.4 Å². The minimum absolute atomic E-state index is 0.0156. The molecule has 0 atom stereocenters. The quantitative estimate of drug-likeness (QED) is 0.890. The maximum absolute atomic E-state index is 12.7. The molecule has 0 bridgehead atoms. The number of hydrogen-bond acceptors (Lipinski definition) is 6. The Bertz CT molecular complexity index is 937. The zero-order valence-electron chi connectivity index (χ0n) is 14.5. The molecule has 0 unspecified atom stereocenters. The van der Waals surface area contributed by atoms with Crippen LogP contribution >= 0.6 is 0 Å². The van der Waals surface area contributed by atoms with Crippen LogP contribution in [0.15, 0.2) is 35.3 Å². The molecule has 2 aromatic rings. The lowest BCUT2D eigenvalue weighted by molar-refractivity contribution is 0.0628. The Morgan fingerprint density at radius 1 is 1.15 bits per heavy atom. The summed E-state index contributed by atoms with van der Waals surface area (Å²) >= 11 is 0. The number of carbonyl (C=O) groups excluding carboxylic acids is 1. The van der Waals surface area contributed by atoms with E-state index in [0.29, 0.717) is 24.7 Å². The van der Waals surface area contributed by atoms with Gasteiger partial charge in [0.2, 0.25) is 12.2 Å². The summed E-state index contributed by atoms with van der Waals surface area (Å²) in [6.45, 7) is 4.79. The number of hydrogen-bond donors (Lipinski definition) is 1. The molecule has 2 aliphatic heterocycles. The number of pyridine rings is 1. The topological polar surface area (TPSA) is 84.2 Å². The lowest BCUT2D eigenvalue weighted by Crippen LogP contribution is -2.55. The molecule has 1 N–H and O–H groups in total. The number of aromatic nitrogens is 1. The second kappa shape index (κ2) is 5.98. The van der Waals surface area contributed by atoms with Gasteiger partial charge < -0.3 is 19.5 Å². The van der Waals surface area contributed by atoms with Gasteiger partial charge in [0.25, 0.3) is 5.91 Å². The standard InChI is InChI=1S/C18H19N3O5/c1-11(2)20-9-19(8-12-3-4-14-15(7-12)26-10-25-14)21-6-5-13(22)17(23)16(21)18(20)24/h3-7,11,23H,8-10H2,1-2H3. The first-order valence-corrected chi connectivity index (χ1v) is 8.35. The Kier molecular flexibility index (Phi) is 3.75. The van der Waals surface area contributed by atoms with Crippen molar-refractivity contribution in [2.75, 3.05) is 18.5 Å². The van der Waals surface area contributed by atoms with Crippen LogP contribution in [0.25, 0.3) is 0 Å². The van der Waals surface area contributed by atoms with E-state index in [1.807, 2.05) is 37.1 Å². The van der Waals surface area contributed by atoms with Crippen molar-refractivity contribution >= 4 is 5.91 Å². The van der Waals surface area contributed by atoms with Gasteiger partial charge in [0.1, 0.15) is 6.67 Å². The number of carbonyl (C=O) groups is 1. The van der Waals surface area contributed by atoms with Gasteiger partial charge in [0, 0.05) is 18.3 Å². The van der Waals surface area contributed by atoms with Crippen LogP contribution in [-0.2, 0) is 6.54 Å². The molecule has 4 rings (SSSR count). The first kappa shape index (κ1) is 16.3. The zero-order valence-corrected chi connectivity index (χ0v) is 14.5. The average molecular weight is 357 g/mol. The second-order valence-electron chi connectivity index (χ2n) is 6.58. The number of rotatable bonds is 3. The summed E-state index contributed by atoms with van der Waals surface area (Å²) in [6, 6.07) is 6.83. The molecule has 26 heavy (non-hydrogen) atoms. The van der Waals surface area contributed by atoms with E-state index in [9.17, 15) is 14.7 Å². The van der Waals surface area contributed by atoms with Crippen molar-refractivity contribution in [1.29, 1.82) is 0 Å². The van der Waals surface area contributed by atoms with E-state index < -0.39 is 11.2 Å². The SMILES string of the molecule is CC(C)N1CN(Cc2ccc3c(c2)OCO3)n2ccc(=O)c(O)c2C1=O. The molecule has 3 heterocycles. The Hall–Kier alpha value is -3.16. The fourth-order valence-corrected chi connectivity index (χ4v) is 3.17. The Balaban J connectivity index is 1.74. The highest BCUT2D eigenvalue weighted by atomic mass is 16.7. The molecule has 0 spiro atoms. The first-order chi connectivity index (χ1) is 12.5.